The highest BCUT2D eigenvalue weighted by molar-refractivity contribution is 5.83. The number of anilines is 3. The van der Waals surface area contributed by atoms with Crippen LogP contribution in [-0.4, -0.2) is 9.55 Å². The molecule has 33 heavy (non-hydrogen) atoms. The van der Waals surface area contributed by atoms with Crippen LogP contribution in [0.5, 0.6) is 0 Å². The summed E-state index contributed by atoms with van der Waals surface area (Å²) in [6.45, 7) is 0. The van der Waals surface area contributed by atoms with Crippen LogP contribution >= 0.6 is 0 Å². The fourth-order valence-corrected chi connectivity index (χ4v) is 3.41. The average Bonchev–Trinajstić information content (AvgIpc) is 3.31. The Kier molecular flexibility index (Phi) is 6.30. The van der Waals surface area contributed by atoms with Crippen LogP contribution in [-0.2, 0) is 0 Å². The van der Waals surface area contributed by atoms with Gasteiger partial charge in [-0.2, -0.15) is 10.5 Å². The summed E-state index contributed by atoms with van der Waals surface area (Å²) in [5.74, 6) is 0. The van der Waals surface area contributed by atoms with E-state index in [1.54, 1.807) is 24.5 Å². The molecule has 158 valence electrons. The summed E-state index contributed by atoms with van der Waals surface area (Å²) in [5, 5.41) is 21.3. The Bertz CT molecular complexity index is 1460. The third-order valence-electron chi connectivity index (χ3n) is 4.98. The topological polar surface area (TPSA) is 103 Å². The Labute approximate surface area is 191 Å². The van der Waals surface area contributed by atoms with E-state index in [9.17, 15) is 0 Å². The Morgan fingerprint density at radius 2 is 1.36 bits per heavy atom. The number of hydrogen-bond acceptors (Lipinski definition) is 5. The van der Waals surface area contributed by atoms with E-state index in [4.69, 9.17) is 16.3 Å². The van der Waals surface area contributed by atoms with Crippen molar-refractivity contribution in [3.63, 3.8) is 0 Å². The monoisotopic (exact) mass is 428 g/mol. The van der Waals surface area contributed by atoms with Gasteiger partial charge in [0, 0.05) is 11.4 Å². The molecule has 0 spiro atoms. The highest BCUT2D eigenvalue weighted by Gasteiger charge is 2.08. The molecular weight excluding hydrogens is 408 g/mol. The third kappa shape index (κ3) is 4.66. The molecule has 1 heterocycles. The first-order valence-electron chi connectivity index (χ1n) is 10.2. The van der Waals surface area contributed by atoms with Gasteiger partial charge in [0.15, 0.2) is 0 Å². The van der Waals surface area contributed by atoms with Gasteiger partial charge in [0.1, 0.15) is 18.5 Å². The number of hydrogen-bond donors (Lipinski definition) is 2. The standard InChI is InChI=1S/C14H9N3.C13H11N3/c15-9-11-5-4-8-13-14(11)17(10-16-13)12-6-2-1-3-7-12;14-9-10-5-4-8-12(15)13(10)16-11-6-2-1-3-7-11/h1-8,10H;1-8,16H,15H2. The lowest BCUT2D eigenvalue weighted by Crippen LogP contribution is -1.98. The van der Waals surface area contributed by atoms with Gasteiger partial charge >= 0.3 is 0 Å². The van der Waals surface area contributed by atoms with E-state index >= 15 is 0 Å². The Balaban J connectivity index is 0.000000157. The first-order valence-corrected chi connectivity index (χ1v) is 10.2. The lowest BCUT2D eigenvalue weighted by atomic mass is 10.1. The van der Waals surface area contributed by atoms with Crippen molar-refractivity contribution in [2.75, 3.05) is 11.1 Å². The molecule has 5 rings (SSSR count). The lowest BCUT2D eigenvalue weighted by molar-refractivity contribution is 1.09. The number of nitriles is 2. The number of aromatic nitrogens is 2. The normalized spacial score (nSPS) is 9.88. The molecule has 1 aromatic heterocycles. The average molecular weight is 428 g/mol. The summed E-state index contributed by atoms with van der Waals surface area (Å²) in [6, 6.07) is 34.7. The molecule has 0 bridgehead atoms. The second kappa shape index (κ2) is 9.82. The highest BCUT2D eigenvalue weighted by Crippen LogP contribution is 2.26. The van der Waals surface area contributed by atoms with Gasteiger partial charge < -0.3 is 11.1 Å². The maximum atomic E-state index is 9.13. The second-order valence-corrected chi connectivity index (χ2v) is 7.11. The minimum Gasteiger partial charge on any atom is -0.397 e. The van der Waals surface area contributed by atoms with Gasteiger partial charge in [-0.3, -0.25) is 4.57 Å². The summed E-state index contributed by atoms with van der Waals surface area (Å²) in [4.78, 5) is 4.32. The van der Waals surface area contributed by atoms with Crippen molar-refractivity contribution in [2.24, 2.45) is 0 Å². The number of imidazole rings is 1. The smallest absolute Gasteiger partial charge is 0.101 e. The zero-order valence-electron chi connectivity index (χ0n) is 17.7. The number of para-hydroxylation sites is 4. The number of benzene rings is 4. The molecule has 0 aliphatic heterocycles. The molecule has 0 radical (unpaired) electrons. The summed E-state index contributed by atoms with van der Waals surface area (Å²) in [6.07, 6.45) is 1.75. The van der Waals surface area contributed by atoms with E-state index in [0.29, 0.717) is 22.5 Å². The van der Waals surface area contributed by atoms with Crippen molar-refractivity contribution in [1.29, 1.82) is 10.5 Å². The molecule has 0 unspecified atom stereocenters. The Morgan fingerprint density at radius 1 is 0.727 bits per heavy atom. The molecule has 0 atom stereocenters. The summed E-state index contributed by atoms with van der Waals surface area (Å²) in [7, 11) is 0. The zero-order chi connectivity index (χ0) is 23.0. The number of nitrogens with zero attached hydrogens (tertiary/aromatic N) is 4. The van der Waals surface area contributed by atoms with Gasteiger partial charge in [-0.1, -0.05) is 48.5 Å². The van der Waals surface area contributed by atoms with Crippen LogP contribution in [0.1, 0.15) is 11.1 Å². The Morgan fingerprint density at radius 3 is 2.06 bits per heavy atom. The molecule has 3 N–H and O–H groups in total. The summed E-state index contributed by atoms with van der Waals surface area (Å²) in [5.41, 5.74) is 11.9. The quantitative estimate of drug-likeness (QED) is 0.354. The molecular formula is C27H20N6. The number of nitrogen functional groups attached to an aromatic ring is 1. The van der Waals surface area contributed by atoms with Crippen LogP contribution in [0.15, 0.2) is 103 Å². The van der Waals surface area contributed by atoms with Gasteiger partial charge in [-0.05, 0) is 48.5 Å². The summed E-state index contributed by atoms with van der Waals surface area (Å²) < 4.78 is 1.94. The van der Waals surface area contributed by atoms with E-state index in [-0.39, 0.29) is 0 Å². The van der Waals surface area contributed by atoms with Crippen molar-refractivity contribution < 1.29 is 0 Å². The van der Waals surface area contributed by atoms with Gasteiger partial charge in [-0.15, -0.1) is 0 Å². The van der Waals surface area contributed by atoms with Crippen LogP contribution < -0.4 is 11.1 Å². The van der Waals surface area contributed by atoms with Crippen molar-refractivity contribution in [2.45, 2.75) is 0 Å². The minimum atomic E-state index is 0.545. The number of fused-ring (bicyclic) bond motifs is 1. The van der Waals surface area contributed by atoms with Gasteiger partial charge in [0.05, 0.1) is 33.5 Å². The number of nitrogens with one attached hydrogen (secondary N) is 1. The molecule has 0 fully saturated rings. The van der Waals surface area contributed by atoms with E-state index in [2.05, 4.69) is 22.4 Å². The van der Waals surface area contributed by atoms with Gasteiger partial charge in [-0.25, -0.2) is 4.98 Å². The molecule has 0 aliphatic rings. The highest BCUT2D eigenvalue weighted by atomic mass is 15.0. The van der Waals surface area contributed by atoms with E-state index in [0.717, 1.165) is 22.4 Å². The second-order valence-electron chi connectivity index (χ2n) is 7.11. The molecule has 0 aliphatic carbocycles. The Hall–Kier alpha value is -5.07. The van der Waals surface area contributed by atoms with Crippen molar-refractivity contribution >= 4 is 28.1 Å². The van der Waals surface area contributed by atoms with Crippen LogP contribution in [0.4, 0.5) is 17.1 Å². The largest absolute Gasteiger partial charge is 0.397 e. The molecule has 6 nitrogen and oxygen atoms in total. The van der Waals surface area contributed by atoms with Crippen LogP contribution in [0.3, 0.4) is 0 Å². The van der Waals surface area contributed by atoms with Gasteiger partial charge in [0.2, 0.25) is 0 Å². The molecule has 0 amide bonds. The first-order chi connectivity index (χ1) is 16.2. The molecule has 5 aromatic rings. The fourth-order valence-electron chi connectivity index (χ4n) is 3.41. The maximum absolute atomic E-state index is 9.13. The van der Waals surface area contributed by atoms with E-state index in [1.807, 2.05) is 83.4 Å². The van der Waals surface area contributed by atoms with Crippen molar-refractivity contribution in [3.8, 4) is 17.8 Å². The SMILES string of the molecule is N#Cc1cccc(N)c1Nc1ccccc1.N#Cc1cccc2ncn(-c3ccccc3)c12. The van der Waals surface area contributed by atoms with Gasteiger partial charge in [0.25, 0.3) is 0 Å². The zero-order valence-corrected chi connectivity index (χ0v) is 17.7. The maximum Gasteiger partial charge on any atom is 0.101 e. The van der Waals surface area contributed by atoms with Crippen LogP contribution in [0.25, 0.3) is 16.7 Å². The molecule has 0 saturated carbocycles. The molecule has 0 saturated heterocycles. The van der Waals surface area contributed by atoms with Crippen molar-refractivity contribution in [1.82, 2.24) is 9.55 Å². The first kappa shape index (κ1) is 21.2. The molecule has 6 heteroatoms. The number of nitrogens with two attached hydrogens (primary N) is 1. The van der Waals surface area contributed by atoms with E-state index in [1.165, 1.54) is 0 Å². The summed E-state index contributed by atoms with van der Waals surface area (Å²) >= 11 is 0. The van der Waals surface area contributed by atoms with Crippen LogP contribution in [0, 0.1) is 22.7 Å². The lowest BCUT2D eigenvalue weighted by Gasteiger charge is -2.10. The fraction of sp³-hybridized carbons (Fsp3) is 0. The minimum absolute atomic E-state index is 0.545. The predicted molar refractivity (Wildman–Crippen MR) is 131 cm³/mol. The van der Waals surface area contributed by atoms with Crippen molar-refractivity contribution in [3.05, 3.63) is 115 Å². The van der Waals surface area contributed by atoms with Crippen LogP contribution in [0.2, 0.25) is 0 Å². The third-order valence-corrected chi connectivity index (χ3v) is 4.98. The molecule has 4 aromatic carbocycles. The van der Waals surface area contributed by atoms with E-state index < -0.39 is 0 Å². The predicted octanol–water partition coefficient (Wildman–Crippen LogP) is 5.78. The number of rotatable bonds is 3.